The van der Waals surface area contributed by atoms with Crippen LogP contribution >= 0.6 is 22.9 Å². The fourth-order valence-corrected chi connectivity index (χ4v) is 2.96. The zero-order valence-corrected chi connectivity index (χ0v) is 15.3. The van der Waals surface area contributed by atoms with Gasteiger partial charge in [0.25, 0.3) is 5.89 Å². The molecule has 0 radical (unpaired) electrons. The smallest absolute Gasteiger partial charge is 0.337 e. The minimum atomic E-state index is -0.510. The molecule has 0 aliphatic heterocycles. The number of hydrogen-bond acceptors (Lipinski definition) is 7. The van der Waals surface area contributed by atoms with Crippen LogP contribution in [-0.4, -0.2) is 29.2 Å². The van der Waals surface area contributed by atoms with Gasteiger partial charge < -0.3 is 14.5 Å². The fraction of sp³-hybridized carbons (Fsp3) is 0.176. The number of amides is 1. The number of anilines is 1. The van der Waals surface area contributed by atoms with Crippen LogP contribution < -0.4 is 5.32 Å². The lowest BCUT2D eigenvalue weighted by molar-refractivity contribution is -0.116. The van der Waals surface area contributed by atoms with Gasteiger partial charge in [-0.3, -0.25) is 4.79 Å². The van der Waals surface area contributed by atoms with Crippen molar-refractivity contribution in [2.24, 2.45) is 0 Å². The molecule has 0 spiro atoms. The van der Waals surface area contributed by atoms with E-state index in [-0.39, 0.29) is 12.3 Å². The molecule has 0 aliphatic carbocycles. The Labute approximate surface area is 158 Å². The van der Waals surface area contributed by atoms with E-state index in [0.29, 0.717) is 34.5 Å². The summed E-state index contributed by atoms with van der Waals surface area (Å²) in [6, 6.07) is 8.28. The van der Waals surface area contributed by atoms with Crippen LogP contribution in [0.2, 0.25) is 5.02 Å². The highest BCUT2D eigenvalue weighted by Gasteiger charge is 2.14. The van der Waals surface area contributed by atoms with Crippen molar-refractivity contribution in [2.75, 3.05) is 12.4 Å². The average molecular weight is 392 g/mol. The van der Waals surface area contributed by atoms with Crippen molar-refractivity contribution in [3.63, 3.8) is 0 Å². The van der Waals surface area contributed by atoms with Crippen LogP contribution in [0.5, 0.6) is 0 Å². The van der Waals surface area contributed by atoms with Crippen molar-refractivity contribution in [3.8, 4) is 10.8 Å². The van der Waals surface area contributed by atoms with Crippen LogP contribution in [0.4, 0.5) is 5.69 Å². The summed E-state index contributed by atoms with van der Waals surface area (Å²) in [6.07, 6.45) is 0.420. The van der Waals surface area contributed by atoms with Gasteiger partial charge in [-0.25, -0.2) is 4.79 Å². The predicted octanol–water partition coefficient (Wildman–Crippen LogP) is 3.81. The van der Waals surface area contributed by atoms with E-state index in [2.05, 4.69) is 20.3 Å². The van der Waals surface area contributed by atoms with Gasteiger partial charge in [0.1, 0.15) is 0 Å². The predicted molar refractivity (Wildman–Crippen MR) is 97.4 cm³/mol. The summed E-state index contributed by atoms with van der Waals surface area (Å²) < 4.78 is 10.2. The second-order valence-electron chi connectivity index (χ2n) is 5.21. The van der Waals surface area contributed by atoms with Gasteiger partial charge in [0, 0.05) is 12.8 Å². The number of carbonyl (C=O) groups is 2. The molecule has 7 nitrogen and oxygen atoms in total. The molecule has 0 saturated heterocycles. The van der Waals surface area contributed by atoms with E-state index in [4.69, 9.17) is 16.0 Å². The minimum Gasteiger partial charge on any atom is -0.465 e. The number of aromatic nitrogens is 2. The Bertz CT molecular complexity index is 924. The lowest BCUT2D eigenvalue weighted by atomic mass is 10.2. The Balaban J connectivity index is 1.60. The third kappa shape index (κ3) is 4.27. The van der Waals surface area contributed by atoms with Crippen LogP contribution in [0.25, 0.3) is 10.8 Å². The van der Waals surface area contributed by atoms with Crippen LogP contribution in [-0.2, 0) is 16.0 Å². The van der Waals surface area contributed by atoms with E-state index in [0.717, 1.165) is 4.88 Å². The molecule has 26 heavy (non-hydrogen) atoms. The number of hydrogen-bond donors (Lipinski definition) is 1. The summed E-state index contributed by atoms with van der Waals surface area (Å²) in [6.45, 7) is 0. The Morgan fingerprint density at radius 2 is 2.15 bits per heavy atom. The summed E-state index contributed by atoms with van der Waals surface area (Å²) in [4.78, 5) is 24.6. The van der Waals surface area contributed by atoms with Crippen molar-refractivity contribution in [1.82, 2.24) is 10.2 Å². The van der Waals surface area contributed by atoms with E-state index < -0.39 is 5.97 Å². The number of methoxy groups -OCH3 is 1. The maximum atomic E-state index is 12.2. The molecule has 9 heteroatoms. The van der Waals surface area contributed by atoms with E-state index >= 15 is 0 Å². The molecule has 1 aromatic carbocycles. The average Bonchev–Trinajstić information content (AvgIpc) is 3.32. The number of nitrogens with zero attached hydrogens (tertiary/aromatic N) is 2. The number of nitrogens with one attached hydrogen (secondary N) is 1. The number of thiophene rings is 1. The fourth-order valence-electron chi connectivity index (χ4n) is 2.15. The van der Waals surface area contributed by atoms with E-state index in [1.807, 2.05) is 17.5 Å². The lowest BCUT2D eigenvalue weighted by Gasteiger charge is -2.08. The topological polar surface area (TPSA) is 94.3 Å². The molecule has 3 rings (SSSR count). The van der Waals surface area contributed by atoms with E-state index in [9.17, 15) is 9.59 Å². The number of rotatable bonds is 6. The van der Waals surface area contributed by atoms with Crippen molar-refractivity contribution in [2.45, 2.75) is 12.8 Å². The van der Waals surface area contributed by atoms with Crippen LogP contribution in [0.3, 0.4) is 0 Å². The molecule has 0 saturated carbocycles. The van der Waals surface area contributed by atoms with Crippen molar-refractivity contribution in [1.29, 1.82) is 0 Å². The molecule has 0 unspecified atom stereocenters. The van der Waals surface area contributed by atoms with Crippen LogP contribution in [0, 0.1) is 0 Å². The van der Waals surface area contributed by atoms with Crippen LogP contribution in [0.15, 0.2) is 40.1 Å². The number of esters is 1. The molecule has 0 atom stereocenters. The van der Waals surface area contributed by atoms with Gasteiger partial charge >= 0.3 is 5.97 Å². The van der Waals surface area contributed by atoms with Gasteiger partial charge in [-0.05, 0) is 29.6 Å². The quantitative estimate of drug-likeness (QED) is 0.642. The monoisotopic (exact) mass is 391 g/mol. The Kier molecular flexibility index (Phi) is 5.65. The molecule has 134 valence electrons. The lowest BCUT2D eigenvalue weighted by Crippen LogP contribution is -2.13. The molecule has 0 fully saturated rings. The van der Waals surface area contributed by atoms with Crippen molar-refractivity contribution < 1.29 is 18.7 Å². The first-order valence-electron chi connectivity index (χ1n) is 7.61. The molecule has 0 aliphatic rings. The van der Waals surface area contributed by atoms with Crippen LogP contribution in [0.1, 0.15) is 22.7 Å². The number of aryl methyl sites for hydroxylation is 1. The standard InChI is InChI=1S/C17H14ClN3O4S/c1-24-17(23)10-4-5-11(18)12(9-10)19-14(22)6-7-15-20-21-16(25-15)13-3-2-8-26-13/h2-5,8-9H,6-7H2,1H3,(H,19,22). The third-order valence-corrected chi connectivity index (χ3v) is 4.61. The molecule has 2 heterocycles. The summed E-state index contributed by atoms with van der Waals surface area (Å²) in [5.74, 6) is 0.0103. The highest BCUT2D eigenvalue weighted by Crippen LogP contribution is 2.25. The summed E-state index contributed by atoms with van der Waals surface area (Å²) in [7, 11) is 1.28. The molecule has 2 aromatic heterocycles. The Morgan fingerprint density at radius 1 is 1.31 bits per heavy atom. The molecule has 0 bridgehead atoms. The van der Waals surface area contributed by atoms with Crippen molar-refractivity contribution in [3.05, 3.63) is 52.2 Å². The zero-order chi connectivity index (χ0) is 18.5. The normalized spacial score (nSPS) is 10.5. The van der Waals surface area contributed by atoms with E-state index in [1.165, 1.54) is 36.6 Å². The van der Waals surface area contributed by atoms with Gasteiger partial charge in [0.2, 0.25) is 11.8 Å². The third-order valence-electron chi connectivity index (χ3n) is 3.43. The maximum absolute atomic E-state index is 12.2. The van der Waals surface area contributed by atoms with Crippen molar-refractivity contribution >= 4 is 40.5 Å². The summed E-state index contributed by atoms with van der Waals surface area (Å²) in [5.41, 5.74) is 0.633. The Hall–Kier alpha value is -2.71. The number of benzene rings is 1. The number of carbonyl (C=O) groups excluding carboxylic acids is 2. The molecule has 3 aromatic rings. The zero-order valence-electron chi connectivity index (χ0n) is 13.7. The SMILES string of the molecule is COC(=O)c1ccc(Cl)c(NC(=O)CCc2nnc(-c3cccs3)o2)c1. The molecule has 1 amide bonds. The summed E-state index contributed by atoms with van der Waals surface area (Å²) in [5, 5.41) is 12.8. The second kappa shape index (κ2) is 8.11. The first-order valence-corrected chi connectivity index (χ1v) is 8.86. The molecular formula is C17H14ClN3O4S. The highest BCUT2D eigenvalue weighted by atomic mass is 35.5. The highest BCUT2D eigenvalue weighted by molar-refractivity contribution is 7.13. The van der Waals surface area contributed by atoms with Gasteiger partial charge in [-0.15, -0.1) is 21.5 Å². The maximum Gasteiger partial charge on any atom is 0.337 e. The molecular weight excluding hydrogens is 378 g/mol. The Morgan fingerprint density at radius 3 is 2.88 bits per heavy atom. The number of halogens is 1. The molecule has 1 N–H and O–H groups in total. The van der Waals surface area contributed by atoms with Gasteiger partial charge in [-0.1, -0.05) is 17.7 Å². The first kappa shape index (κ1) is 18.1. The minimum absolute atomic E-state index is 0.130. The number of ether oxygens (including phenoxy) is 1. The largest absolute Gasteiger partial charge is 0.465 e. The van der Waals surface area contributed by atoms with Gasteiger partial charge in [0.15, 0.2) is 0 Å². The van der Waals surface area contributed by atoms with E-state index in [1.54, 1.807) is 0 Å². The van der Waals surface area contributed by atoms with Gasteiger partial charge in [-0.2, -0.15) is 0 Å². The summed E-state index contributed by atoms with van der Waals surface area (Å²) >= 11 is 7.55. The second-order valence-corrected chi connectivity index (χ2v) is 6.57. The first-order chi connectivity index (χ1) is 12.6. The van der Waals surface area contributed by atoms with Gasteiger partial charge in [0.05, 0.1) is 28.3 Å².